The topological polar surface area (TPSA) is 35.2 Å². The molecular weight excluding hydrogens is 302 g/mol. The maximum Gasteiger partial charge on any atom is 0.119 e. The lowest BCUT2D eigenvalue weighted by molar-refractivity contribution is 0.414. The molecule has 3 heteroatoms. The molecule has 100 valence electrons. The Labute approximate surface area is 122 Å². The first-order chi connectivity index (χ1) is 9.01. The summed E-state index contributed by atoms with van der Waals surface area (Å²) in [5.41, 5.74) is 11.0. The van der Waals surface area contributed by atoms with Crippen molar-refractivity contribution >= 4 is 15.9 Å². The molecule has 1 unspecified atom stereocenters. The Morgan fingerprint density at radius 1 is 1.11 bits per heavy atom. The second-order valence-electron chi connectivity index (χ2n) is 4.76. The molecule has 0 saturated carbocycles. The van der Waals surface area contributed by atoms with E-state index in [4.69, 9.17) is 10.5 Å². The van der Waals surface area contributed by atoms with Crippen molar-refractivity contribution in [1.29, 1.82) is 0 Å². The maximum atomic E-state index is 6.38. The zero-order valence-corrected chi connectivity index (χ0v) is 13.0. The Morgan fingerprint density at radius 3 is 2.42 bits per heavy atom. The molecule has 0 fully saturated rings. The predicted molar refractivity (Wildman–Crippen MR) is 82.6 cm³/mol. The Hall–Kier alpha value is -1.32. The van der Waals surface area contributed by atoms with Gasteiger partial charge in [0.05, 0.1) is 13.2 Å². The third kappa shape index (κ3) is 3.17. The lowest BCUT2D eigenvalue weighted by Gasteiger charge is -2.17. The average molecular weight is 320 g/mol. The first kappa shape index (κ1) is 14.1. The SMILES string of the molecule is COc1ccc(C(N)c2cc(C)cc(Br)c2)c(C)c1. The van der Waals surface area contributed by atoms with E-state index in [1.54, 1.807) is 7.11 Å². The van der Waals surface area contributed by atoms with Gasteiger partial charge in [0.15, 0.2) is 0 Å². The predicted octanol–water partition coefficient (Wildman–Crippen LogP) is 4.12. The Kier molecular flexibility index (Phi) is 4.27. The van der Waals surface area contributed by atoms with Gasteiger partial charge < -0.3 is 10.5 Å². The van der Waals surface area contributed by atoms with Crippen molar-refractivity contribution in [3.8, 4) is 5.75 Å². The summed E-state index contributed by atoms with van der Waals surface area (Å²) in [6.45, 7) is 4.13. The smallest absolute Gasteiger partial charge is 0.119 e. The maximum absolute atomic E-state index is 6.38. The highest BCUT2D eigenvalue weighted by Crippen LogP contribution is 2.28. The summed E-state index contributed by atoms with van der Waals surface area (Å²) < 4.78 is 6.28. The summed E-state index contributed by atoms with van der Waals surface area (Å²) >= 11 is 3.52. The van der Waals surface area contributed by atoms with E-state index < -0.39 is 0 Å². The highest BCUT2D eigenvalue weighted by atomic mass is 79.9. The molecule has 0 amide bonds. The Balaban J connectivity index is 2.40. The Morgan fingerprint density at radius 2 is 1.84 bits per heavy atom. The fourth-order valence-electron chi connectivity index (χ4n) is 2.25. The number of hydrogen-bond donors (Lipinski definition) is 1. The summed E-state index contributed by atoms with van der Waals surface area (Å²) in [7, 11) is 1.67. The van der Waals surface area contributed by atoms with Crippen molar-refractivity contribution in [2.75, 3.05) is 7.11 Å². The van der Waals surface area contributed by atoms with Crippen LogP contribution in [-0.4, -0.2) is 7.11 Å². The second kappa shape index (κ2) is 5.76. The molecule has 0 spiro atoms. The molecule has 2 aromatic carbocycles. The normalized spacial score (nSPS) is 12.3. The number of benzene rings is 2. The van der Waals surface area contributed by atoms with Gasteiger partial charge in [0.1, 0.15) is 5.75 Å². The van der Waals surface area contributed by atoms with E-state index in [0.717, 1.165) is 26.9 Å². The standard InChI is InChI=1S/C16H18BrNO/c1-10-6-12(9-13(17)7-10)16(18)15-5-4-14(19-3)8-11(15)2/h4-9,16H,18H2,1-3H3. The molecule has 0 saturated heterocycles. The van der Waals surface area contributed by atoms with Gasteiger partial charge in [-0.3, -0.25) is 0 Å². The molecule has 19 heavy (non-hydrogen) atoms. The molecule has 2 nitrogen and oxygen atoms in total. The summed E-state index contributed by atoms with van der Waals surface area (Å²) in [4.78, 5) is 0. The molecule has 1 atom stereocenters. The number of nitrogens with two attached hydrogens (primary N) is 1. The lowest BCUT2D eigenvalue weighted by atomic mass is 9.95. The van der Waals surface area contributed by atoms with Crippen molar-refractivity contribution in [2.24, 2.45) is 5.73 Å². The van der Waals surface area contributed by atoms with Gasteiger partial charge in [-0.15, -0.1) is 0 Å². The van der Waals surface area contributed by atoms with Gasteiger partial charge >= 0.3 is 0 Å². The van der Waals surface area contributed by atoms with Gasteiger partial charge in [0.2, 0.25) is 0 Å². The van der Waals surface area contributed by atoms with E-state index >= 15 is 0 Å². The first-order valence-corrected chi connectivity index (χ1v) is 6.98. The summed E-state index contributed by atoms with van der Waals surface area (Å²) in [5, 5.41) is 0. The van der Waals surface area contributed by atoms with Crippen LogP contribution in [0.2, 0.25) is 0 Å². The third-order valence-corrected chi connectivity index (χ3v) is 3.69. The van der Waals surface area contributed by atoms with E-state index in [1.165, 1.54) is 5.56 Å². The Bertz CT molecular complexity index is 575. The average Bonchev–Trinajstić information content (AvgIpc) is 2.36. The monoisotopic (exact) mass is 319 g/mol. The molecule has 0 aromatic heterocycles. The van der Waals surface area contributed by atoms with Crippen LogP contribution in [0, 0.1) is 13.8 Å². The molecular formula is C16H18BrNO. The van der Waals surface area contributed by atoms with Crippen molar-refractivity contribution in [1.82, 2.24) is 0 Å². The van der Waals surface area contributed by atoms with Gasteiger partial charge in [-0.2, -0.15) is 0 Å². The third-order valence-electron chi connectivity index (χ3n) is 3.24. The summed E-state index contributed by atoms with van der Waals surface area (Å²) in [6.07, 6.45) is 0. The van der Waals surface area contributed by atoms with Crippen LogP contribution in [0.3, 0.4) is 0 Å². The van der Waals surface area contributed by atoms with E-state index in [0.29, 0.717) is 0 Å². The van der Waals surface area contributed by atoms with Crippen LogP contribution >= 0.6 is 15.9 Å². The van der Waals surface area contributed by atoms with E-state index in [2.05, 4.69) is 48.0 Å². The van der Waals surface area contributed by atoms with Gasteiger partial charge in [0.25, 0.3) is 0 Å². The van der Waals surface area contributed by atoms with Crippen molar-refractivity contribution < 1.29 is 4.74 Å². The zero-order chi connectivity index (χ0) is 14.0. The number of aryl methyl sites for hydroxylation is 2. The molecule has 0 radical (unpaired) electrons. The molecule has 0 aliphatic rings. The van der Waals surface area contributed by atoms with Crippen LogP contribution in [0.1, 0.15) is 28.3 Å². The largest absolute Gasteiger partial charge is 0.497 e. The van der Waals surface area contributed by atoms with Gasteiger partial charge in [0, 0.05) is 4.47 Å². The van der Waals surface area contributed by atoms with Crippen molar-refractivity contribution in [3.05, 3.63) is 63.1 Å². The van der Waals surface area contributed by atoms with Crippen LogP contribution in [0.4, 0.5) is 0 Å². The molecule has 0 aliphatic carbocycles. The molecule has 0 bridgehead atoms. The number of ether oxygens (including phenoxy) is 1. The quantitative estimate of drug-likeness (QED) is 0.923. The molecule has 2 N–H and O–H groups in total. The van der Waals surface area contributed by atoms with E-state index in [9.17, 15) is 0 Å². The summed E-state index contributed by atoms with van der Waals surface area (Å²) in [6, 6.07) is 12.2. The number of hydrogen-bond acceptors (Lipinski definition) is 2. The van der Waals surface area contributed by atoms with Crippen LogP contribution in [0.15, 0.2) is 40.9 Å². The van der Waals surface area contributed by atoms with E-state index in [-0.39, 0.29) is 6.04 Å². The van der Waals surface area contributed by atoms with Gasteiger partial charge in [-0.1, -0.05) is 28.1 Å². The number of methoxy groups -OCH3 is 1. The van der Waals surface area contributed by atoms with E-state index in [1.807, 2.05) is 18.2 Å². The van der Waals surface area contributed by atoms with Crippen molar-refractivity contribution in [3.63, 3.8) is 0 Å². The molecule has 0 aliphatic heterocycles. The van der Waals surface area contributed by atoms with Gasteiger partial charge in [-0.25, -0.2) is 0 Å². The highest BCUT2D eigenvalue weighted by Gasteiger charge is 2.13. The van der Waals surface area contributed by atoms with Gasteiger partial charge in [-0.05, 0) is 60.4 Å². The lowest BCUT2D eigenvalue weighted by Crippen LogP contribution is -2.13. The van der Waals surface area contributed by atoms with Crippen LogP contribution in [-0.2, 0) is 0 Å². The summed E-state index contributed by atoms with van der Waals surface area (Å²) in [5.74, 6) is 0.860. The van der Waals surface area contributed by atoms with Crippen LogP contribution in [0.5, 0.6) is 5.75 Å². The second-order valence-corrected chi connectivity index (χ2v) is 5.68. The highest BCUT2D eigenvalue weighted by molar-refractivity contribution is 9.10. The minimum absolute atomic E-state index is 0.123. The minimum Gasteiger partial charge on any atom is -0.497 e. The fraction of sp³-hybridized carbons (Fsp3) is 0.250. The van der Waals surface area contributed by atoms with Crippen molar-refractivity contribution in [2.45, 2.75) is 19.9 Å². The molecule has 2 aromatic rings. The first-order valence-electron chi connectivity index (χ1n) is 6.18. The van der Waals surface area contributed by atoms with Crippen LogP contribution in [0.25, 0.3) is 0 Å². The fourth-order valence-corrected chi connectivity index (χ4v) is 2.87. The molecule has 2 rings (SSSR count). The minimum atomic E-state index is -0.123. The molecule has 0 heterocycles. The van der Waals surface area contributed by atoms with Crippen LogP contribution < -0.4 is 10.5 Å². The number of rotatable bonds is 3. The zero-order valence-electron chi connectivity index (χ0n) is 11.4. The number of halogens is 1.